The Balaban J connectivity index is 1.39. The van der Waals surface area contributed by atoms with Crippen LogP contribution in [0.3, 0.4) is 0 Å². The Kier molecular flexibility index (Phi) is 5.28. The van der Waals surface area contributed by atoms with E-state index in [1.165, 1.54) is 10.7 Å². The molecule has 1 N–H and O–H groups in total. The van der Waals surface area contributed by atoms with Crippen molar-refractivity contribution in [2.24, 2.45) is 0 Å². The summed E-state index contributed by atoms with van der Waals surface area (Å²) in [5.74, 6) is -0.699. The molecule has 2 aromatic heterocycles. The molecule has 5 rings (SSSR count). The van der Waals surface area contributed by atoms with Crippen molar-refractivity contribution in [2.45, 2.75) is 45.7 Å². The highest BCUT2D eigenvalue weighted by atomic mass is 19.1. The van der Waals surface area contributed by atoms with E-state index in [4.69, 9.17) is 0 Å². The number of carbonyl (C=O) groups excluding carboxylic acids is 1. The van der Waals surface area contributed by atoms with Crippen LogP contribution in [-0.4, -0.2) is 31.5 Å². The number of aromatic nitrogens is 4. The minimum absolute atomic E-state index is 0.200. The van der Waals surface area contributed by atoms with Crippen LogP contribution >= 0.6 is 0 Å². The molecular weight excluding hydrogens is 421 g/mol. The van der Waals surface area contributed by atoms with Crippen LogP contribution in [0.4, 0.5) is 4.39 Å². The van der Waals surface area contributed by atoms with Crippen molar-refractivity contribution < 1.29 is 9.18 Å². The van der Waals surface area contributed by atoms with Crippen molar-refractivity contribution >= 4 is 16.7 Å². The fourth-order valence-corrected chi connectivity index (χ4v) is 4.46. The number of halogens is 1. The number of rotatable bonds is 5. The van der Waals surface area contributed by atoms with Gasteiger partial charge in [-0.25, -0.2) is 13.8 Å². The third-order valence-corrected chi connectivity index (χ3v) is 6.06. The summed E-state index contributed by atoms with van der Waals surface area (Å²) < 4.78 is 17.5. The molecule has 4 aromatic rings. The molecule has 1 atom stereocenters. The van der Waals surface area contributed by atoms with Crippen LogP contribution in [0.2, 0.25) is 0 Å². The molecule has 0 fully saturated rings. The van der Waals surface area contributed by atoms with Crippen LogP contribution < -0.4 is 10.9 Å². The first-order chi connectivity index (χ1) is 15.9. The first kappa shape index (κ1) is 21.1. The van der Waals surface area contributed by atoms with Crippen molar-refractivity contribution in [2.75, 3.05) is 0 Å². The maximum Gasteiger partial charge on any atom is 0.274 e. The lowest BCUT2D eigenvalue weighted by atomic mass is 10.1. The van der Waals surface area contributed by atoms with Gasteiger partial charge in [0.05, 0.1) is 18.1 Å². The zero-order chi connectivity index (χ0) is 23.1. The molecule has 1 amide bonds. The van der Waals surface area contributed by atoms with Gasteiger partial charge in [-0.15, -0.1) is 0 Å². The quantitative estimate of drug-likeness (QED) is 0.511. The van der Waals surface area contributed by atoms with Crippen LogP contribution in [0.15, 0.2) is 53.5 Å². The van der Waals surface area contributed by atoms with E-state index in [0.717, 1.165) is 41.5 Å². The number of benzene rings is 2. The van der Waals surface area contributed by atoms with E-state index in [-0.39, 0.29) is 29.9 Å². The molecular formula is C25H24FN5O2. The lowest BCUT2D eigenvalue weighted by molar-refractivity contribution is 0.0929. The number of amides is 1. The summed E-state index contributed by atoms with van der Waals surface area (Å²) in [6, 6.07) is 11.9. The summed E-state index contributed by atoms with van der Waals surface area (Å²) in [6.07, 6.45) is 4.02. The van der Waals surface area contributed by atoms with E-state index < -0.39 is 0 Å². The monoisotopic (exact) mass is 445 g/mol. The summed E-state index contributed by atoms with van der Waals surface area (Å²) in [5, 5.41) is 13.0. The standard InChI is InChI=1S/C25H24FN5O2/c1-15-10-11-22(20(26)12-15)31-21-9-5-8-19(21)23(29-31)24(32)28-16(2)14-30-25(33)18-7-4-3-6-17(18)13-27-30/h3-4,6-7,10-13,16H,5,8-9,14H2,1-2H3,(H,28,32). The highest BCUT2D eigenvalue weighted by Crippen LogP contribution is 2.29. The minimum Gasteiger partial charge on any atom is -0.346 e. The first-order valence-electron chi connectivity index (χ1n) is 11.1. The van der Waals surface area contributed by atoms with E-state index in [1.54, 1.807) is 23.0 Å². The summed E-state index contributed by atoms with van der Waals surface area (Å²) >= 11 is 0. The molecule has 1 aliphatic carbocycles. The van der Waals surface area contributed by atoms with Crippen molar-refractivity contribution in [3.63, 3.8) is 0 Å². The van der Waals surface area contributed by atoms with E-state index in [0.29, 0.717) is 16.8 Å². The van der Waals surface area contributed by atoms with Crippen LogP contribution in [0.1, 0.15) is 40.7 Å². The molecule has 0 aliphatic heterocycles. The second-order valence-corrected chi connectivity index (χ2v) is 8.59. The first-order valence-corrected chi connectivity index (χ1v) is 11.1. The van der Waals surface area contributed by atoms with Gasteiger partial charge in [-0.2, -0.15) is 10.2 Å². The molecule has 8 heteroatoms. The molecule has 1 unspecified atom stereocenters. The summed E-state index contributed by atoms with van der Waals surface area (Å²) in [5.41, 5.74) is 3.02. The molecule has 2 heterocycles. The van der Waals surface area contributed by atoms with Crippen LogP contribution in [0.25, 0.3) is 16.5 Å². The molecule has 2 aromatic carbocycles. The number of hydrogen-bond acceptors (Lipinski definition) is 4. The molecule has 0 bridgehead atoms. The van der Waals surface area contributed by atoms with Crippen LogP contribution in [-0.2, 0) is 19.4 Å². The SMILES string of the molecule is Cc1ccc(-n2nc(C(=O)NC(C)Cn3ncc4ccccc4c3=O)c3c2CCC3)c(F)c1. The zero-order valence-electron chi connectivity index (χ0n) is 18.5. The van der Waals surface area contributed by atoms with Gasteiger partial charge in [0.15, 0.2) is 5.69 Å². The number of nitrogens with one attached hydrogen (secondary N) is 1. The molecule has 0 radical (unpaired) electrons. The molecule has 0 saturated heterocycles. The van der Waals surface area contributed by atoms with Gasteiger partial charge in [-0.3, -0.25) is 9.59 Å². The van der Waals surface area contributed by atoms with Crippen molar-refractivity contribution in [1.29, 1.82) is 0 Å². The minimum atomic E-state index is -0.366. The normalized spacial score (nSPS) is 13.8. The predicted octanol–water partition coefficient (Wildman–Crippen LogP) is 3.34. The Hall–Kier alpha value is -3.81. The summed E-state index contributed by atoms with van der Waals surface area (Å²) in [4.78, 5) is 25.8. The Morgan fingerprint density at radius 1 is 1.21 bits per heavy atom. The van der Waals surface area contributed by atoms with Crippen molar-refractivity contribution in [1.82, 2.24) is 24.9 Å². The van der Waals surface area contributed by atoms with Gasteiger partial charge in [0.2, 0.25) is 0 Å². The second-order valence-electron chi connectivity index (χ2n) is 8.59. The van der Waals surface area contributed by atoms with Gasteiger partial charge in [0.1, 0.15) is 11.5 Å². The Bertz CT molecular complexity index is 1440. The Labute approximate surface area is 189 Å². The molecule has 168 valence electrons. The largest absolute Gasteiger partial charge is 0.346 e. The number of nitrogens with zero attached hydrogens (tertiary/aromatic N) is 4. The van der Waals surface area contributed by atoms with E-state index in [9.17, 15) is 14.0 Å². The van der Waals surface area contributed by atoms with E-state index in [2.05, 4.69) is 15.5 Å². The third-order valence-electron chi connectivity index (χ3n) is 6.06. The van der Waals surface area contributed by atoms with Crippen LogP contribution in [0.5, 0.6) is 0 Å². The summed E-state index contributed by atoms with van der Waals surface area (Å²) in [7, 11) is 0. The van der Waals surface area contributed by atoms with Gasteiger partial charge in [0.25, 0.3) is 11.5 Å². The van der Waals surface area contributed by atoms with Gasteiger partial charge in [0, 0.05) is 22.7 Å². The van der Waals surface area contributed by atoms with E-state index in [1.807, 2.05) is 38.1 Å². The van der Waals surface area contributed by atoms with E-state index >= 15 is 0 Å². The van der Waals surface area contributed by atoms with Crippen LogP contribution in [0, 0.1) is 12.7 Å². The van der Waals surface area contributed by atoms with Gasteiger partial charge < -0.3 is 5.32 Å². The highest BCUT2D eigenvalue weighted by molar-refractivity contribution is 5.94. The number of hydrogen-bond donors (Lipinski definition) is 1. The number of aryl methyl sites for hydroxylation is 1. The molecule has 7 nitrogen and oxygen atoms in total. The Morgan fingerprint density at radius 2 is 2.03 bits per heavy atom. The maximum absolute atomic E-state index is 14.6. The molecule has 33 heavy (non-hydrogen) atoms. The lowest BCUT2D eigenvalue weighted by Gasteiger charge is -2.14. The fraction of sp³-hybridized carbons (Fsp3) is 0.280. The predicted molar refractivity (Wildman–Crippen MR) is 123 cm³/mol. The van der Waals surface area contributed by atoms with Gasteiger partial charge in [-0.05, 0) is 56.9 Å². The zero-order valence-corrected chi connectivity index (χ0v) is 18.5. The number of carbonyl (C=O) groups is 1. The average Bonchev–Trinajstić information content (AvgIpc) is 3.39. The van der Waals surface area contributed by atoms with Gasteiger partial charge in [-0.1, -0.05) is 24.3 Å². The summed E-state index contributed by atoms with van der Waals surface area (Å²) in [6.45, 7) is 3.87. The molecule has 1 aliphatic rings. The second kappa shape index (κ2) is 8.27. The highest BCUT2D eigenvalue weighted by Gasteiger charge is 2.28. The fourth-order valence-electron chi connectivity index (χ4n) is 4.46. The van der Waals surface area contributed by atoms with Gasteiger partial charge >= 0.3 is 0 Å². The van der Waals surface area contributed by atoms with Crippen molar-refractivity contribution in [3.05, 3.63) is 87.3 Å². The number of fused-ring (bicyclic) bond motifs is 2. The molecule has 0 saturated carbocycles. The third kappa shape index (κ3) is 3.82. The average molecular weight is 445 g/mol. The topological polar surface area (TPSA) is 81.8 Å². The van der Waals surface area contributed by atoms with Crippen molar-refractivity contribution in [3.8, 4) is 5.69 Å². The maximum atomic E-state index is 14.6. The lowest BCUT2D eigenvalue weighted by Crippen LogP contribution is -2.39. The molecule has 0 spiro atoms. The smallest absolute Gasteiger partial charge is 0.274 e. The Morgan fingerprint density at radius 3 is 2.85 bits per heavy atom.